The number of likely N-dealkylation sites (tertiary alicyclic amines) is 1. The molecule has 1 fully saturated rings. The Morgan fingerprint density at radius 3 is 2.73 bits per heavy atom. The fourth-order valence-electron chi connectivity index (χ4n) is 2.75. The third-order valence-electron chi connectivity index (χ3n) is 3.99. The maximum absolute atomic E-state index is 12.8. The summed E-state index contributed by atoms with van der Waals surface area (Å²) in [5.41, 5.74) is -0.0543. The van der Waals surface area contributed by atoms with Crippen molar-refractivity contribution >= 4 is 23.4 Å². The Morgan fingerprint density at radius 2 is 2.18 bits per heavy atom. The molecule has 6 nitrogen and oxygen atoms in total. The largest absolute Gasteiger partial charge is 0.495 e. The number of ether oxygens (including phenoxy) is 1. The van der Waals surface area contributed by atoms with E-state index in [2.05, 4.69) is 0 Å². The third kappa shape index (κ3) is 3.19. The molecule has 0 spiro atoms. The highest BCUT2D eigenvalue weighted by molar-refractivity contribution is 7.98. The molecule has 1 saturated heterocycles. The molecule has 0 aromatic heterocycles. The summed E-state index contributed by atoms with van der Waals surface area (Å²) in [6, 6.07) is 3.03. The van der Waals surface area contributed by atoms with Crippen molar-refractivity contribution in [1.82, 2.24) is 4.90 Å². The molecule has 22 heavy (non-hydrogen) atoms. The third-order valence-corrected chi connectivity index (χ3v) is 4.75. The molecule has 0 bridgehead atoms. The molecule has 0 saturated carbocycles. The Bertz CT molecular complexity index is 591. The van der Waals surface area contributed by atoms with Crippen LogP contribution < -0.4 is 4.74 Å². The molecule has 0 N–H and O–H groups in total. The molecule has 1 heterocycles. The molecule has 1 atom stereocenters. The quantitative estimate of drug-likeness (QED) is 0.482. The Morgan fingerprint density at radius 1 is 1.45 bits per heavy atom. The number of nitrogens with zero attached hydrogens (tertiary/aromatic N) is 2. The van der Waals surface area contributed by atoms with Gasteiger partial charge in [0.2, 0.25) is 0 Å². The number of benzene rings is 1. The highest BCUT2D eigenvalue weighted by atomic mass is 32.2. The molecular formula is C15H20N2O4S. The van der Waals surface area contributed by atoms with Gasteiger partial charge in [0, 0.05) is 12.6 Å². The van der Waals surface area contributed by atoms with E-state index >= 15 is 0 Å². The van der Waals surface area contributed by atoms with E-state index in [4.69, 9.17) is 4.74 Å². The lowest BCUT2D eigenvalue weighted by Gasteiger charge is -2.33. The standard InChI is InChI=1S/C15H20N2O4S/c1-10-6-4-5-7-16(10)15(18)11-8-14(22-3)13(21-2)9-12(11)17(19)20/h8-10H,4-7H2,1-3H3. The van der Waals surface area contributed by atoms with Gasteiger partial charge >= 0.3 is 0 Å². The maximum Gasteiger partial charge on any atom is 0.285 e. The number of nitro groups is 1. The highest BCUT2D eigenvalue weighted by Gasteiger charge is 2.30. The molecular weight excluding hydrogens is 304 g/mol. The summed E-state index contributed by atoms with van der Waals surface area (Å²) in [5, 5.41) is 11.3. The van der Waals surface area contributed by atoms with Gasteiger partial charge in [-0.25, -0.2) is 0 Å². The van der Waals surface area contributed by atoms with Gasteiger partial charge in [0.1, 0.15) is 11.3 Å². The maximum atomic E-state index is 12.8. The van der Waals surface area contributed by atoms with Crippen molar-refractivity contribution in [2.75, 3.05) is 19.9 Å². The van der Waals surface area contributed by atoms with Crippen LogP contribution in [-0.4, -0.2) is 41.7 Å². The first kappa shape index (κ1) is 16.6. The second-order valence-corrected chi connectivity index (χ2v) is 6.17. The summed E-state index contributed by atoms with van der Waals surface area (Å²) in [5.74, 6) is 0.152. The van der Waals surface area contributed by atoms with Crippen molar-refractivity contribution in [3.05, 3.63) is 27.8 Å². The molecule has 1 unspecified atom stereocenters. The van der Waals surface area contributed by atoms with Gasteiger partial charge < -0.3 is 9.64 Å². The van der Waals surface area contributed by atoms with Crippen molar-refractivity contribution in [1.29, 1.82) is 0 Å². The number of hydrogen-bond acceptors (Lipinski definition) is 5. The van der Waals surface area contributed by atoms with Gasteiger partial charge in [-0.2, -0.15) is 0 Å². The van der Waals surface area contributed by atoms with Crippen LogP contribution in [0.25, 0.3) is 0 Å². The number of rotatable bonds is 4. The van der Waals surface area contributed by atoms with Crippen LogP contribution in [0.15, 0.2) is 17.0 Å². The predicted octanol–water partition coefficient (Wildman–Crippen LogP) is 3.34. The summed E-state index contributed by atoms with van der Waals surface area (Å²) < 4.78 is 5.18. The average Bonchev–Trinajstić information content (AvgIpc) is 2.53. The van der Waals surface area contributed by atoms with Gasteiger partial charge in [-0.3, -0.25) is 14.9 Å². The smallest absolute Gasteiger partial charge is 0.285 e. The minimum absolute atomic E-state index is 0.112. The van der Waals surface area contributed by atoms with E-state index in [1.807, 2.05) is 13.2 Å². The van der Waals surface area contributed by atoms with E-state index in [-0.39, 0.29) is 23.2 Å². The van der Waals surface area contributed by atoms with Crippen LogP contribution in [0, 0.1) is 10.1 Å². The van der Waals surface area contributed by atoms with Gasteiger partial charge in [0.25, 0.3) is 11.6 Å². The van der Waals surface area contributed by atoms with E-state index in [0.29, 0.717) is 12.3 Å². The molecule has 0 radical (unpaired) electrons. The Kier molecular flexibility index (Phi) is 5.28. The minimum atomic E-state index is -0.519. The van der Waals surface area contributed by atoms with Crippen LogP contribution >= 0.6 is 11.8 Å². The zero-order valence-electron chi connectivity index (χ0n) is 13.0. The number of amides is 1. The van der Waals surface area contributed by atoms with E-state index in [1.165, 1.54) is 24.9 Å². The van der Waals surface area contributed by atoms with Crippen molar-refractivity contribution < 1.29 is 14.5 Å². The van der Waals surface area contributed by atoms with Crippen LogP contribution in [0.1, 0.15) is 36.5 Å². The number of carbonyl (C=O) groups excluding carboxylic acids is 1. The lowest BCUT2D eigenvalue weighted by molar-refractivity contribution is -0.385. The molecule has 1 aliphatic rings. The fourth-order valence-corrected chi connectivity index (χ4v) is 3.32. The van der Waals surface area contributed by atoms with Gasteiger partial charge in [0.05, 0.1) is 23.0 Å². The van der Waals surface area contributed by atoms with Crippen molar-refractivity contribution in [3.8, 4) is 5.75 Å². The molecule has 120 valence electrons. The van der Waals surface area contributed by atoms with Gasteiger partial charge in [-0.1, -0.05) is 0 Å². The Hall–Kier alpha value is -1.76. The van der Waals surface area contributed by atoms with Crippen LogP contribution in [-0.2, 0) is 0 Å². The molecule has 1 aliphatic heterocycles. The number of nitro benzene ring substituents is 1. The van der Waals surface area contributed by atoms with Crippen LogP contribution in [0.5, 0.6) is 5.75 Å². The van der Waals surface area contributed by atoms with Crippen LogP contribution in [0.4, 0.5) is 5.69 Å². The number of methoxy groups -OCH3 is 1. The second-order valence-electron chi connectivity index (χ2n) is 5.32. The average molecular weight is 324 g/mol. The zero-order chi connectivity index (χ0) is 16.3. The first-order chi connectivity index (χ1) is 10.5. The number of carbonyl (C=O) groups is 1. The first-order valence-electron chi connectivity index (χ1n) is 7.21. The molecule has 1 aromatic rings. The van der Waals surface area contributed by atoms with E-state index in [0.717, 1.165) is 24.2 Å². The lowest BCUT2D eigenvalue weighted by atomic mass is 10.0. The van der Waals surface area contributed by atoms with E-state index < -0.39 is 4.92 Å². The highest BCUT2D eigenvalue weighted by Crippen LogP contribution is 2.35. The number of piperidine rings is 1. The van der Waals surface area contributed by atoms with Crippen LogP contribution in [0.3, 0.4) is 0 Å². The first-order valence-corrected chi connectivity index (χ1v) is 8.43. The molecule has 1 amide bonds. The Balaban J connectivity index is 2.47. The SMILES string of the molecule is COc1cc([N+](=O)[O-])c(C(=O)N2CCCCC2C)cc1SC. The van der Waals surface area contributed by atoms with E-state index in [9.17, 15) is 14.9 Å². The van der Waals surface area contributed by atoms with Gasteiger partial charge in [-0.05, 0) is 38.5 Å². The monoisotopic (exact) mass is 324 g/mol. The summed E-state index contributed by atoms with van der Waals surface area (Å²) >= 11 is 1.40. The minimum Gasteiger partial charge on any atom is -0.495 e. The molecule has 0 aliphatic carbocycles. The van der Waals surface area contributed by atoms with Gasteiger partial charge in [0.15, 0.2) is 0 Å². The summed E-state index contributed by atoms with van der Waals surface area (Å²) in [6.07, 6.45) is 4.81. The number of hydrogen-bond donors (Lipinski definition) is 0. The van der Waals surface area contributed by atoms with Gasteiger partial charge in [-0.15, -0.1) is 11.8 Å². The van der Waals surface area contributed by atoms with Crippen LogP contribution in [0.2, 0.25) is 0 Å². The van der Waals surface area contributed by atoms with Crippen molar-refractivity contribution in [3.63, 3.8) is 0 Å². The van der Waals surface area contributed by atoms with Crippen molar-refractivity contribution in [2.24, 2.45) is 0 Å². The summed E-state index contributed by atoms with van der Waals surface area (Å²) in [4.78, 5) is 26.0. The summed E-state index contributed by atoms with van der Waals surface area (Å²) in [6.45, 7) is 2.64. The van der Waals surface area contributed by atoms with E-state index in [1.54, 1.807) is 11.0 Å². The second kappa shape index (κ2) is 7.00. The molecule has 7 heteroatoms. The van der Waals surface area contributed by atoms with Crippen molar-refractivity contribution in [2.45, 2.75) is 37.1 Å². The lowest BCUT2D eigenvalue weighted by Crippen LogP contribution is -2.42. The summed E-state index contributed by atoms with van der Waals surface area (Å²) in [7, 11) is 1.47. The topological polar surface area (TPSA) is 72.7 Å². The zero-order valence-corrected chi connectivity index (χ0v) is 13.8. The number of thioether (sulfide) groups is 1. The Labute approximate surface area is 134 Å². The molecule has 2 rings (SSSR count). The molecule has 1 aromatic carbocycles. The fraction of sp³-hybridized carbons (Fsp3) is 0.533. The predicted molar refractivity (Wildman–Crippen MR) is 85.8 cm³/mol. The normalized spacial score (nSPS) is 18.1.